The molecule has 0 amide bonds. The number of Topliss-reactive ketones (excluding diaryl/α,β-unsaturated/α-hetero) is 1. The van der Waals surface area contributed by atoms with Crippen LogP contribution in [0, 0.1) is 17.2 Å². The number of ketones is 1. The van der Waals surface area contributed by atoms with E-state index in [0.717, 1.165) is 12.8 Å². The number of hydrogen-bond donors (Lipinski definition) is 0. The molecule has 1 fully saturated rings. The largest absolute Gasteiger partial charge is 1.00 e. The molecule has 78 valence electrons. The summed E-state index contributed by atoms with van der Waals surface area (Å²) in [6.07, 6.45) is 5.61. The van der Waals surface area contributed by atoms with E-state index in [2.05, 4.69) is 6.07 Å². The average molecular weight is 267 g/mol. The van der Waals surface area contributed by atoms with Crippen LogP contribution >= 0.6 is 0 Å². The zero-order chi connectivity index (χ0) is 9.97. The van der Waals surface area contributed by atoms with Crippen molar-refractivity contribution in [3.63, 3.8) is 0 Å². The maximum Gasteiger partial charge on any atom is 0.206 e. The maximum absolute atomic E-state index is 11.5. The van der Waals surface area contributed by atoms with Gasteiger partial charge in [-0.15, -0.1) is 0 Å². The summed E-state index contributed by atoms with van der Waals surface area (Å²) in [5.41, 5.74) is 0.594. The highest BCUT2D eigenvalue weighted by molar-refractivity contribution is 5.81. The predicted octanol–water partition coefficient (Wildman–Crippen LogP) is -2.17. The van der Waals surface area contributed by atoms with Gasteiger partial charge in [0.15, 0.2) is 18.2 Å². The Hall–Kier alpha value is -1.21. The van der Waals surface area contributed by atoms with Gasteiger partial charge in [-0.3, -0.25) is 4.79 Å². The monoisotopic (exact) mass is 266 g/mol. The van der Waals surface area contributed by atoms with Crippen LogP contribution in [0.2, 0.25) is 0 Å². The van der Waals surface area contributed by atoms with Gasteiger partial charge in [0.1, 0.15) is 11.6 Å². The lowest BCUT2D eigenvalue weighted by Crippen LogP contribution is -3.00. The normalized spacial score (nSPS) is 13.8. The number of pyridine rings is 1. The summed E-state index contributed by atoms with van der Waals surface area (Å²) in [4.78, 5) is 11.5. The Morgan fingerprint density at radius 1 is 1.60 bits per heavy atom. The Kier molecular flexibility index (Phi) is 3.98. The minimum atomic E-state index is 0. The zero-order valence-electron chi connectivity index (χ0n) is 8.19. The Bertz CT molecular complexity index is 407. The van der Waals surface area contributed by atoms with Gasteiger partial charge in [0, 0.05) is 12.0 Å². The van der Waals surface area contributed by atoms with Crippen molar-refractivity contribution in [2.75, 3.05) is 0 Å². The lowest BCUT2D eigenvalue weighted by Gasteiger charge is -1.94. The summed E-state index contributed by atoms with van der Waals surface area (Å²) >= 11 is 0. The van der Waals surface area contributed by atoms with Gasteiger partial charge in [0.2, 0.25) is 6.54 Å². The van der Waals surface area contributed by atoms with Crippen LogP contribution in [0.25, 0.3) is 0 Å². The van der Waals surface area contributed by atoms with Crippen LogP contribution in [0.15, 0.2) is 24.5 Å². The molecule has 15 heavy (non-hydrogen) atoms. The summed E-state index contributed by atoms with van der Waals surface area (Å²) in [5, 5.41) is 8.67. The topological polar surface area (TPSA) is 44.7 Å². The van der Waals surface area contributed by atoms with Crippen molar-refractivity contribution in [1.29, 1.82) is 5.26 Å². The number of nitriles is 1. The molecule has 4 heteroatoms. The first-order chi connectivity index (χ1) is 6.79. The van der Waals surface area contributed by atoms with Crippen LogP contribution in [-0.2, 0) is 11.3 Å². The predicted molar refractivity (Wildman–Crippen MR) is 49.1 cm³/mol. The molecule has 0 radical (unpaired) electrons. The molecule has 0 aromatic carbocycles. The van der Waals surface area contributed by atoms with E-state index in [9.17, 15) is 4.79 Å². The summed E-state index contributed by atoms with van der Waals surface area (Å²) in [5.74, 6) is 0.568. The van der Waals surface area contributed by atoms with Gasteiger partial charge >= 0.3 is 0 Å². The van der Waals surface area contributed by atoms with Gasteiger partial charge in [0.25, 0.3) is 0 Å². The summed E-state index contributed by atoms with van der Waals surface area (Å²) in [6, 6.07) is 5.58. The second kappa shape index (κ2) is 5.04. The lowest BCUT2D eigenvalue weighted by molar-refractivity contribution is -0.684. The van der Waals surface area contributed by atoms with Crippen molar-refractivity contribution in [2.45, 2.75) is 19.4 Å². The maximum atomic E-state index is 11.5. The fraction of sp³-hybridized carbons (Fsp3) is 0.364. The van der Waals surface area contributed by atoms with Crippen molar-refractivity contribution in [3.05, 3.63) is 30.1 Å². The fourth-order valence-electron chi connectivity index (χ4n) is 1.40. The Morgan fingerprint density at radius 3 is 2.93 bits per heavy atom. The smallest absolute Gasteiger partial charge is 0.206 e. The Labute approximate surface area is 99.1 Å². The van der Waals surface area contributed by atoms with Crippen molar-refractivity contribution in [3.8, 4) is 6.07 Å². The quantitative estimate of drug-likeness (QED) is 0.585. The minimum absolute atomic E-state index is 0. The summed E-state index contributed by atoms with van der Waals surface area (Å²) < 4.78 is 1.78. The molecule has 1 aromatic heterocycles. The van der Waals surface area contributed by atoms with E-state index < -0.39 is 0 Å². The molecule has 1 aliphatic carbocycles. The van der Waals surface area contributed by atoms with Gasteiger partial charge in [0.05, 0.1) is 0 Å². The van der Waals surface area contributed by atoms with Gasteiger partial charge in [-0.2, -0.15) is 9.83 Å². The molecular weight excluding hydrogens is 256 g/mol. The van der Waals surface area contributed by atoms with Gasteiger partial charge in [-0.05, 0) is 18.9 Å². The standard InChI is InChI=1S/C11H11N2O.BrH/c12-6-9-2-1-5-13(7-9)8-11(14)10-3-4-10;/h1-2,5,7,10H,3-4,8H2;1H/q+1;/p-1. The lowest BCUT2D eigenvalue weighted by atomic mass is 10.2. The molecule has 0 unspecified atom stereocenters. The number of hydrogen-bond acceptors (Lipinski definition) is 2. The third kappa shape index (κ3) is 3.14. The highest BCUT2D eigenvalue weighted by atomic mass is 79.9. The number of rotatable bonds is 3. The SMILES string of the molecule is N#Cc1ccc[n+](CC(=O)C2CC2)c1.[Br-]. The van der Waals surface area contributed by atoms with E-state index in [4.69, 9.17) is 5.26 Å². The Balaban J connectivity index is 0.00000112. The molecule has 0 spiro atoms. The fourth-order valence-corrected chi connectivity index (χ4v) is 1.40. The van der Waals surface area contributed by atoms with E-state index in [-0.39, 0.29) is 28.7 Å². The molecule has 1 aromatic rings. The van der Waals surface area contributed by atoms with Crippen LogP contribution in [0.4, 0.5) is 0 Å². The van der Waals surface area contributed by atoms with Crippen LogP contribution in [0.3, 0.4) is 0 Å². The van der Waals surface area contributed by atoms with Crippen LogP contribution in [-0.4, -0.2) is 5.78 Å². The minimum Gasteiger partial charge on any atom is -1.00 e. The molecule has 0 bridgehead atoms. The third-order valence-corrected chi connectivity index (χ3v) is 2.36. The van der Waals surface area contributed by atoms with Crippen LogP contribution in [0.1, 0.15) is 18.4 Å². The average Bonchev–Trinajstić information content (AvgIpc) is 3.01. The van der Waals surface area contributed by atoms with Crippen LogP contribution < -0.4 is 21.5 Å². The van der Waals surface area contributed by atoms with E-state index >= 15 is 0 Å². The molecule has 0 N–H and O–H groups in total. The molecule has 3 nitrogen and oxygen atoms in total. The molecule has 2 rings (SSSR count). The van der Waals surface area contributed by atoms with E-state index in [1.54, 1.807) is 22.9 Å². The van der Waals surface area contributed by atoms with Gasteiger partial charge < -0.3 is 17.0 Å². The first-order valence-electron chi connectivity index (χ1n) is 4.71. The molecule has 0 atom stereocenters. The number of carbonyl (C=O) groups is 1. The summed E-state index contributed by atoms with van der Waals surface area (Å²) in [7, 11) is 0. The van der Waals surface area contributed by atoms with Crippen LogP contribution in [0.5, 0.6) is 0 Å². The first-order valence-corrected chi connectivity index (χ1v) is 4.71. The van der Waals surface area contributed by atoms with E-state index in [0.29, 0.717) is 12.1 Å². The molecule has 0 aliphatic heterocycles. The van der Waals surface area contributed by atoms with E-state index in [1.165, 1.54) is 0 Å². The van der Waals surface area contributed by atoms with Crippen molar-refractivity contribution in [2.24, 2.45) is 5.92 Å². The van der Waals surface area contributed by atoms with Gasteiger partial charge in [-0.25, -0.2) is 0 Å². The van der Waals surface area contributed by atoms with Crippen molar-refractivity contribution in [1.82, 2.24) is 0 Å². The first kappa shape index (κ1) is 11.9. The highest BCUT2D eigenvalue weighted by Gasteiger charge is 2.31. The number of halogens is 1. The van der Waals surface area contributed by atoms with E-state index in [1.807, 2.05) is 6.20 Å². The molecule has 1 aliphatic rings. The molecule has 1 heterocycles. The second-order valence-electron chi connectivity index (χ2n) is 3.62. The van der Waals surface area contributed by atoms with Crippen molar-refractivity contribution >= 4 is 5.78 Å². The zero-order valence-corrected chi connectivity index (χ0v) is 9.77. The highest BCUT2D eigenvalue weighted by Crippen LogP contribution is 2.29. The Morgan fingerprint density at radius 2 is 2.33 bits per heavy atom. The summed E-state index contributed by atoms with van der Waals surface area (Å²) in [6.45, 7) is 0.403. The molecule has 1 saturated carbocycles. The molecule has 0 saturated heterocycles. The number of carbonyl (C=O) groups excluding carboxylic acids is 1. The molecular formula is C11H11BrN2O. The third-order valence-electron chi connectivity index (χ3n) is 2.36. The van der Waals surface area contributed by atoms with Crippen molar-refractivity contribution < 1.29 is 26.3 Å². The van der Waals surface area contributed by atoms with Gasteiger partial charge in [-0.1, -0.05) is 0 Å². The number of nitrogens with zero attached hydrogens (tertiary/aromatic N) is 2. The number of aromatic nitrogens is 1. The second-order valence-corrected chi connectivity index (χ2v) is 3.62.